The molecule has 5 nitrogen and oxygen atoms in total. The SMILES string of the molecule is O=C1NCCNc2cc(-c3ccc4c(c3)N3CCCC3CN4)ccc21. The summed E-state index contributed by atoms with van der Waals surface area (Å²) in [6.45, 7) is 3.61. The standard InChI is InChI=1S/C20H22N4O/c25-20-16-5-3-13(10-18(16)21-7-8-22-20)14-4-6-17-19(11-14)24-9-1-2-15(24)12-23-17/h3-6,10-11,15,21,23H,1-2,7-9,12H2,(H,22,25). The summed E-state index contributed by atoms with van der Waals surface area (Å²) >= 11 is 0. The maximum Gasteiger partial charge on any atom is 0.253 e. The summed E-state index contributed by atoms with van der Waals surface area (Å²) in [5, 5.41) is 9.84. The third-order valence-electron chi connectivity index (χ3n) is 5.54. The lowest BCUT2D eigenvalue weighted by molar-refractivity contribution is 0.0958. The van der Waals surface area contributed by atoms with E-state index in [2.05, 4.69) is 45.1 Å². The van der Waals surface area contributed by atoms with Crippen LogP contribution in [0.4, 0.5) is 17.1 Å². The Bertz CT molecular complexity index is 848. The minimum Gasteiger partial charge on any atom is -0.383 e. The van der Waals surface area contributed by atoms with Crippen molar-refractivity contribution < 1.29 is 4.79 Å². The first kappa shape index (κ1) is 14.6. The van der Waals surface area contributed by atoms with Crippen LogP contribution in [-0.4, -0.2) is 38.1 Å². The zero-order chi connectivity index (χ0) is 16.8. The van der Waals surface area contributed by atoms with E-state index in [1.807, 2.05) is 12.1 Å². The third kappa shape index (κ3) is 2.42. The van der Waals surface area contributed by atoms with E-state index >= 15 is 0 Å². The van der Waals surface area contributed by atoms with Gasteiger partial charge < -0.3 is 20.9 Å². The fraction of sp³-hybridized carbons (Fsp3) is 0.350. The molecule has 0 aromatic heterocycles. The van der Waals surface area contributed by atoms with Crippen LogP contribution in [-0.2, 0) is 0 Å². The van der Waals surface area contributed by atoms with E-state index in [4.69, 9.17) is 0 Å². The maximum absolute atomic E-state index is 12.1. The van der Waals surface area contributed by atoms with Crippen molar-refractivity contribution in [2.75, 3.05) is 41.7 Å². The molecule has 2 aromatic rings. The molecule has 0 spiro atoms. The van der Waals surface area contributed by atoms with Crippen LogP contribution in [0.2, 0.25) is 0 Å². The van der Waals surface area contributed by atoms with E-state index in [1.54, 1.807) is 0 Å². The normalized spacial score (nSPS) is 21.2. The largest absolute Gasteiger partial charge is 0.383 e. The fourth-order valence-corrected chi connectivity index (χ4v) is 4.23. The number of hydrogen-bond donors (Lipinski definition) is 3. The zero-order valence-corrected chi connectivity index (χ0v) is 14.1. The molecule has 0 aliphatic carbocycles. The molecule has 1 atom stereocenters. The van der Waals surface area contributed by atoms with Crippen LogP contribution in [0.15, 0.2) is 36.4 Å². The molecule has 1 amide bonds. The quantitative estimate of drug-likeness (QED) is 0.751. The van der Waals surface area contributed by atoms with Gasteiger partial charge in [0.25, 0.3) is 5.91 Å². The topological polar surface area (TPSA) is 56.4 Å². The molecule has 1 fully saturated rings. The predicted molar refractivity (Wildman–Crippen MR) is 102 cm³/mol. The van der Waals surface area contributed by atoms with E-state index < -0.39 is 0 Å². The van der Waals surface area contributed by atoms with Gasteiger partial charge in [0.05, 0.1) is 16.9 Å². The van der Waals surface area contributed by atoms with Gasteiger partial charge in [0, 0.05) is 37.9 Å². The molecule has 128 valence electrons. The summed E-state index contributed by atoms with van der Waals surface area (Å²) in [4.78, 5) is 14.6. The van der Waals surface area contributed by atoms with Crippen molar-refractivity contribution >= 4 is 23.0 Å². The molecule has 25 heavy (non-hydrogen) atoms. The van der Waals surface area contributed by atoms with Crippen LogP contribution in [0.1, 0.15) is 23.2 Å². The maximum atomic E-state index is 12.1. The van der Waals surface area contributed by atoms with Gasteiger partial charge in [-0.2, -0.15) is 0 Å². The summed E-state index contributed by atoms with van der Waals surface area (Å²) in [5.41, 5.74) is 6.52. The zero-order valence-electron chi connectivity index (χ0n) is 14.1. The Kier molecular flexibility index (Phi) is 3.33. The van der Waals surface area contributed by atoms with Gasteiger partial charge in [-0.25, -0.2) is 0 Å². The van der Waals surface area contributed by atoms with E-state index in [1.165, 1.54) is 29.8 Å². The number of amides is 1. The summed E-state index contributed by atoms with van der Waals surface area (Å²) in [7, 11) is 0. The highest BCUT2D eigenvalue weighted by molar-refractivity contribution is 6.01. The van der Waals surface area contributed by atoms with E-state index in [0.29, 0.717) is 12.6 Å². The van der Waals surface area contributed by atoms with Crippen molar-refractivity contribution in [3.05, 3.63) is 42.0 Å². The molecule has 5 rings (SSSR count). The second-order valence-corrected chi connectivity index (χ2v) is 7.05. The number of rotatable bonds is 1. The molecule has 1 unspecified atom stereocenters. The lowest BCUT2D eigenvalue weighted by Crippen LogP contribution is -2.39. The minimum atomic E-state index is 0.00102. The van der Waals surface area contributed by atoms with Gasteiger partial charge in [-0.1, -0.05) is 12.1 Å². The Balaban J connectivity index is 1.55. The number of benzene rings is 2. The van der Waals surface area contributed by atoms with Gasteiger partial charge in [-0.15, -0.1) is 0 Å². The van der Waals surface area contributed by atoms with Gasteiger partial charge in [-0.3, -0.25) is 4.79 Å². The van der Waals surface area contributed by atoms with Crippen molar-refractivity contribution in [2.45, 2.75) is 18.9 Å². The summed E-state index contributed by atoms with van der Waals surface area (Å²) in [6, 6.07) is 13.3. The van der Waals surface area contributed by atoms with Crippen LogP contribution in [0.25, 0.3) is 11.1 Å². The summed E-state index contributed by atoms with van der Waals surface area (Å²) < 4.78 is 0. The summed E-state index contributed by atoms with van der Waals surface area (Å²) in [5.74, 6) is 0.00102. The molecule has 3 N–H and O–H groups in total. The number of anilines is 3. The first-order chi connectivity index (χ1) is 12.3. The monoisotopic (exact) mass is 334 g/mol. The molecular weight excluding hydrogens is 312 g/mol. The molecule has 5 heteroatoms. The number of nitrogens with zero attached hydrogens (tertiary/aromatic N) is 1. The van der Waals surface area contributed by atoms with Crippen LogP contribution in [0.3, 0.4) is 0 Å². The molecule has 1 saturated heterocycles. The highest BCUT2D eigenvalue weighted by Crippen LogP contribution is 2.39. The highest BCUT2D eigenvalue weighted by Gasteiger charge is 2.30. The Morgan fingerprint density at radius 3 is 2.72 bits per heavy atom. The van der Waals surface area contributed by atoms with Gasteiger partial charge in [-0.05, 0) is 48.2 Å². The molecule has 2 aromatic carbocycles. The number of carbonyl (C=O) groups is 1. The van der Waals surface area contributed by atoms with E-state index in [0.717, 1.165) is 36.4 Å². The Hall–Kier alpha value is -2.69. The molecule has 3 heterocycles. The van der Waals surface area contributed by atoms with E-state index in [9.17, 15) is 4.79 Å². The Morgan fingerprint density at radius 2 is 1.76 bits per heavy atom. The van der Waals surface area contributed by atoms with Gasteiger partial charge >= 0.3 is 0 Å². The van der Waals surface area contributed by atoms with Gasteiger partial charge in [0.1, 0.15) is 0 Å². The van der Waals surface area contributed by atoms with Crippen molar-refractivity contribution in [1.29, 1.82) is 0 Å². The number of carbonyl (C=O) groups excluding carboxylic acids is 1. The minimum absolute atomic E-state index is 0.00102. The highest BCUT2D eigenvalue weighted by atomic mass is 16.1. The second kappa shape index (κ2) is 5.69. The molecule has 0 radical (unpaired) electrons. The summed E-state index contributed by atoms with van der Waals surface area (Å²) in [6.07, 6.45) is 2.54. The predicted octanol–water partition coefficient (Wildman–Crippen LogP) is 2.90. The average molecular weight is 334 g/mol. The van der Waals surface area contributed by atoms with Crippen molar-refractivity contribution in [1.82, 2.24) is 5.32 Å². The number of hydrogen-bond acceptors (Lipinski definition) is 4. The Morgan fingerprint density at radius 1 is 0.920 bits per heavy atom. The molecular formula is C20H22N4O. The van der Waals surface area contributed by atoms with Gasteiger partial charge in [0.15, 0.2) is 0 Å². The van der Waals surface area contributed by atoms with Gasteiger partial charge in [0.2, 0.25) is 0 Å². The fourth-order valence-electron chi connectivity index (χ4n) is 4.23. The average Bonchev–Trinajstić information content (AvgIpc) is 3.06. The van der Waals surface area contributed by atoms with E-state index in [-0.39, 0.29) is 5.91 Å². The molecule has 0 saturated carbocycles. The lowest BCUT2D eigenvalue weighted by atomic mass is 9.99. The van der Waals surface area contributed by atoms with Crippen molar-refractivity contribution in [3.8, 4) is 11.1 Å². The smallest absolute Gasteiger partial charge is 0.253 e. The lowest BCUT2D eigenvalue weighted by Gasteiger charge is -2.34. The first-order valence-corrected chi connectivity index (χ1v) is 9.11. The molecule has 3 aliphatic heterocycles. The molecule has 3 aliphatic rings. The van der Waals surface area contributed by atoms with Crippen LogP contribution >= 0.6 is 0 Å². The van der Waals surface area contributed by atoms with Crippen LogP contribution in [0.5, 0.6) is 0 Å². The number of fused-ring (bicyclic) bond motifs is 4. The van der Waals surface area contributed by atoms with Crippen LogP contribution < -0.4 is 20.9 Å². The number of nitrogens with one attached hydrogen (secondary N) is 3. The Labute approximate surface area is 147 Å². The van der Waals surface area contributed by atoms with Crippen molar-refractivity contribution in [2.24, 2.45) is 0 Å². The molecule has 0 bridgehead atoms. The van der Waals surface area contributed by atoms with Crippen molar-refractivity contribution in [3.63, 3.8) is 0 Å². The first-order valence-electron chi connectivity index (χ1n) is 9.11. The second-order valence-electron chi connectivity index (χ2n) is 7.05. The van der Waals surface area contributed by atoms with Crippen LogP contribution in [0, 0.1) is 0 Å². The third-order valence-corrected chi connectivity index (χ3v) is 5.54.